The Balaban J connectivity index is 1.97. The molecule has 8 heteroatoms. The minimum atomic E-state index is 0.344. The third-order valence-electron chi connectivity index (χ3n) is 4.66. The zero-order valence-corrected chi connectivity index (χ0v) is 15.5. The molecule has 8 nitrogen and oxygen atoms in total. The van der Waals surface area contributed by atoms with Crippen molar-refractivity contribution in [1.82, 2.24) is 15.0 Å². The smallest absolute Gasteiger partial charge is 0.164 e. The maximum Gasteiger partial charge on any atom is 0.164 e. The van der Waals surface area contributed by atoms with Crippen molar-refractivity contribution in [2.24, 2.45) is 0 Å². The molecule has 0 atom stereocenters. The van der Waals surface area contributed by atoms with E-state index in [1.54, 1.807) is 32.5 Å². The van der Waals surface area contributed by atoms with Crippen molar-refractivity contribution >= 4 is 28.0 Å². The molecule has 0 bridgehead atoms. The average Bonchev–Trinajstić information content (AvgIpc) is 3.15. The molecule has 4 rings (SSSR count). The predicted molar refractivity (Wildman–Crippen MR) is 111 cm³/mol. The lowest BCUT2D eigenvalue weighted by atomic mass is 10.1. The molecule has 0 spiro atoms. The van der Waals surface area contributed by atoms with Crippen LogP contribution >= 0.6 is 0 Å². The van der Waals surface area contributed by atoms with Crippen LogP contribution in [0.3, 0.4) is 0 Å². The van der Waals surface area contributed by atoms with Crippen molar-refractivity contribution in [3.63, 3.8) is 0 Å². The van der Waals surface area contributed by atoms with Crippen LogP contribution in [-0.2, 0) is 0 Å². The van der Waals surface area contributed by atoms with E-state index in [1.165, 1.54) is 0 Å². The van der Waals surface area contributed by atoms with Gasteiger partial charge in [0, 0.05) is 22.8 Å². The number of nitrogens with two attached hydrogens (primary N) is 3. The van der Waals surface area contributed by atoms with Gasteiger partial charge in [-0.05, 0) is 18.2 Å². The Hall–Kier alpha value is -3.94. The Morgan fingerprint density at radius 2 is 1.68 bits per heavy atom. The minimum Gasteiger partial charge on any atom is -0.495 e. The minimum absolute atomic E-state index is 0.344. The van der Waals surface area contributed by atoms with Crippen LogP contribution in [0, 0.1) is 0 Å². The number of benzene rings is 2. The van der Waals surface area contributed by atoms with Crippen LogP contribution in [0.1, 0.15) is 0 Å². The monoisotopic (exact) mass is 376 g/mol. The van der Waals surface area contributed by atoms with Gasteiger partial charge in [-0.3, -0.25) is 0 Å². The fraction of sp³-hybridized carbons (Fsp3) is 0.100. The number of fused-ring (bicyclic) bond motifs is 1. The Kier molecular flexibility index (Phi) is 4.15. The summed E-state index contributed by atoms with van der Waals surface area (Å²) in [6.45, 7) is 0. The number of hydrogen-bond acceptors (Lipinski definition) is 7. The third-order valence-corrected chi connectivity index (χ3v) is 4.66. The fourth-order valence-electron chi connectivity index (χ4n) is 3.23. The summed E-state index contributed by atoms with van der Waals surface area (Å²) in [5.41, 5.74) is 22.2. The van der Waals surface area contributed by atoms with Gasteiger partial charge in [0.05, 0.1) is 42.9 Å². The van der Waals surface area contributed by atoms with E-state index < -0.39 is 0 Å². The summed E-state index contributed by atoms with van der Waals surface area (Å²) >= 11 is 0. The Morgan fingerprint density at radius 1 is 0.929 bits per heavy atom. The molecule has 0 aliphatic rings. The molecule has 2 aromatic heterocycles. The van der Waals surface area contributed by atoms with Gasteiger partial charge in [-0.15, -0.1) is 0 Å². The van der Waals surface area contributed by atoms with Crippen LogP contribution < -0.4 is 26.7 Å². The normalized spacial score (nSPS) is 10.9. The van der Waals surface area contributed by atoms with E-state index in [9.17, 15) is 0 Å². The maximum absolute atomic E-state index is 6.14. The second kappa shape index (κ2) is 6.66. The molecule has 7 N–H and O–H groups in total. The van der Waals surface area contributed by atoms with E-state index >= 15 is 0 Å². The van der Waals surface area contributed by atoms with E-state index in [0.29, 0.717) is 39.9 Å². The van der Waals surface area contributed by atoms with Crippen LogP contribution in [0.15, 0.2) is 42.7 Å². The summed E-state index contributed by atoms with van der Waals surface area (Å²) in [6.07, 6.45) is 3.45. The molecule has 0 amide bonds. The number of hydrogen-bond donors (Lipinski definition) is 4. The standard InChI is InChI=1S/C20H20N6O2/c1-27-14-5-3-4-10-11(8-24-18(10)14)19-15(28-2)9-25-20(26-19)16-12(21)6-7-13(22)17(16)23/h3-9,24H,21-23H2,1-2H3. The Labute approximate surface area is 161 Å². The van der Waals surface area contributed by atoms with Crippen molar-refractivity contribution < 1.29 is 9.47 Å². The molecule has 142 valence electrons. The lowest BCUT2D eigenvalue weighted by Crippen LogP contribution is -2.04. The number of methoxy groups -OCH3 is 2. The molecule has 0 aliphatic carbocycles. The van der Waals surface area contributed by atoms with E-state index in [0.717, 1.165) is 22.2 Å². The number of aromatic nitrogens is 3. The highest BCUT2D eigenvalue weighted by Gasteiger charge is 2.19. The molecule has 2 aromatic carbocycles. The zero-order valence-electron chi connectivity index (χ0n) is 15.5. The molecule has 0 saturated carbocycles. The lowest BCUT2D eigenvalue weighted by Gasteiger charge is -2.13. The number of anilines is 3. The van der Waals surface area contributed by atoms with Gasteiger partial charge >= 0.3 is 0 Å². The van der Waals surface area contributed by atoms with E-state index in [-0.39, 0.29) is 0 Å². The summed E-state index contributed by atoms with van der Waals surface area (Å²) in [4.78, 5) is 12.3. The second-order valence-corrected chi connectivity index (χ2v) is 6.23. The summed E-state index contributed by atoms with van der Waals surface area (Å²) in [6, 6.07) is 9.13. The van der Waals surface area contributed by atoms with Gasteiger partial charge in [0.1, 0.15) is 11.4 Å². The van der Waals surface area contributed by atoms with E-state index in [4.69, 9.17) is 31.7 Å². The first kappa shape index (κ1) is 17.5. The molecule has 0 unspecified atom stereocenters. The summed E-state index contributed by atoms with van der Waals surface area (Å²) < 4.78 is 10.9. The van der Waals surface area contributed by atoms with Gasteiger partial charge in [-0.25, -0.2) is 9.97 Å². The zero-order chi connectivity index (χ0) is 19.8. The number of nitrogens with zero attached hydrogens (tertiary/aromatic N) is 2. The third kappa shape index (κ3) is 2.62. The number of H-pyrrole nitrogens is 1. The highest BCUT2D eigenvalue weighted by atomic mass is 16.5. The van der Waals surface area contributed by atoms with Crippen LogP contribution in [0.2, 0.25) is 0 Å². The highest BCUT2D eigenvalue weighted by Crippen LogP contribution is 2.39. The van der Waals surface area contributed by atoms with Gasteiger partial charge in [0.2, 0.25) is 0 Å². The number of aromatic amines is 1. The van der Waals surface area contributed by atoms with Crippen molar-refractivity contribution in [3.05, 3.63) is 42.7 Å². The fourth-order valence-corrected chi connectivity index (χ4v) is 3.23. The maximum atomic E-state index is 6.14. The number of nitrogen functional groups attached to an aromatic ring is 3. The first-order valence-corrected chi connectivity index (χ1v) is 8.54. The van der Waals surface area contributed by atoms with E-state index in [1.807, 2.05) is 24.4 Å². The van der Waals surface area contributed by atoms with Crippen LogP contribution in [-0.4, -0.2) is 29.2 Å². The average molecular weight is 376 g/mol. The molecular formula is C20H20N6O2. The van der Waals surface area contributed by atoms with Crippen molar-refractivity contribution in [1.29, 1.82) is 0 Å². The van der Waals surface area contributed by atoms with Gasteiger partial charge in [-0.1, -0.05) is 12.1 Å². The second-order valence-electron chi connectivity index (χ2n) is 6.23. The lowest BCUT2D eigenvalue weighted by molar-refractivity contribution is 0.413. The van der Waals surface area contributed by atoms with Gasteiger partial charge in [0.15, 0.2) is 11.6 Å². The molecule has 0 fully saturated rings. The summed E-state index contributed by atoms with van der Waals surface area (Å²) in [7, 11) is 3.20. The van der Waals surface area contributed by atoms with E-state index in [2.05, 4.69) is 9.97 Å². The first-order chi connectivity index (χ1) is 13.5. The molecular weight excluding hydrogens is 356 g/mol. The Morgan fingerprint density at radius 3 is 2.43 bits per heavy atom. The highest BCUT2D eigenvalue weighted by molar-refractivity contribution is 5.99. The SMILES string of the molecule is COc1cnc(-c2c(N)ccc(N)c2N)nc1-c1c[nH]c2c(OC)cccc12. The number of para-hydroxylation sites is 1. The van der Waals surface area contributed by atoms with Crippen molar-refractivity contribution in [3.8, 4) is 34.1 Å². The molecule has 28 heavy (non-hydrogen) atoms. The molecule has 4 aromatic rings. The molecule has 2 heterocycles. The largest absolute Gasteiger partial charge is 0.495 e. The topological polar surface area (TPSA) is 138 Å². The van der Waals surface area contributed by atoms with Crippen LogP contribution in [0.5, 0.6) is 11.5 Å². The molecule has 0 radical (unpaired) electrons. The molecule has 0 aliphatic heterocycles. The summed E-state index contributed by atoms with van der Waals surface area (Å²) in [5, 5.41) is 0.941. The van der Waals surface area contributed by atoms with Crippen molar-refractivity contribution in [2.75, 3.05) is 31.4 Å². The van der Waals surface area contributed by atoms with Crippen LogP contribution in [0.25, 0.3) is 33.5 Å². The van der Waals surface area contributed by atoms with Gasteiger partial charge in [0.25, 0.3) is 0 Å². The predicted octanol–water partition coefficient (Wildman–Crippen LogP) is 3.06. The number of ether oxygens (including phenoxy) is 2. The Bertz CT molecular complexity index is 1180. The first-order valence-electron chi connectivity index (χ1n) is 8.54. The van der Waals surface area contributed by atoms with Gasteiger partial charge in [-0.2, -0.15) is 0 Å². The quantitative estimate of drug-likeness (QED) is 0.401. The molecule has 0 saturated heterocycles. The number of nitrogens with one attached hydrogen (secondary N) is 1. The number of rotatable bonds is 4. The summed E-state index contributed by atoms with van der Waals surface area (Å²) in [5.74, 6) is 1.63. The van der Waals surface area contributed by atoms with Crippen LogP contribution in [0.4, 0.5) is 17.1 Å². The van der Waals surface area contributed by atoms with Gasteiger partial charge < -0.3 is 31.7 Å². The van der Waals surface area contributed by atoms with Crippen molar-refractivity contribution in [2.45, 2.75) is 0 Å².